The zero-order valence-corrected chi connectivity index (χ0v) is 19.8. The Hall–Kier alpha value is -1.88. The summed E-state index contributed by atoms with van der Waals surface area (Å²) in [6.07, 6.45) is 18.7. The van der Waals surface area contributed by atoms with E-state index in [0.717, 1.165) is 43.0 Å². The molecular weight excluding hydrogens is 380 g/mol. The van der Waals surface area contributed by atoms with E-state index in [4.69, 9.17) is 9.47 Å². The Kier molecular flexibility index (Phi) is 10.4. The van der Waals surface area contributed by atoms with Crippen LogP contribution in [0.4, 0.5) is 0 Å². The van der Waals surface area contributed by atoms with Crippen molar-refractivity contribution in [3.05, 3.63) is 36.4 Å². The van der Waals surface area contributed by atoms with Gasteiger partial charge in [-0.25, -0.2) is 0 Å². The Morgan fingerprint density at radius 1 is 0.806 bits per heavy atom. The van der Waals surface area contributed by atoms with Crippen molar-refractivity contribution in [3.63, 3.8) is 0 Å². The molecular formula is C29H42O2. The van der Waals surface area contributed by atoms with Gasteiger partial charge in [-0.05, 0) is 106 Å². The van der Waals surface area contributed by atoms with Crippen LogP contribution in [0, 0.1) is 35.5 Å². The summed E-state index contributed by atoms with van der Waals surface area (Å²) in [6.45, 7) is 6.01. The van der Waals surface area contributed by atoms with Gasteiger partial charge in [0.25, 0.3) is 0 Å². The van der Waals surface area contributed by atoms with Crippen LogP contribution in [-0.4, -0.2) is 13.2 Å². The number of ether oxygens (including phenoxy) is 2. The van der Waals surface area contributed by atoms with Gasteiger partial charge in [0, 0.05) is 5.92 Å². The first-order chi connectivity index (χ1) is 15.3. The van der Waals surface area contributed by atoms with Crippen LogP contribution in [0.3, 0.4) is 0 Å². The summed E-state index contributed by atoms with van der Waals surface area (Å²) >= 11 is 0. The summed E-state index contributed by atoms with van der Waals surface area (Å²) in [7, 11) is 0. The molecule has 3 rings (SSSR count). The summed E-state index contributed by atoms with van der Waals surface area (Å²) in [5, 5.41) is 0. The molecule has 1 aromatic rings. The van der Waals surface area contributed by atoms with Gasteiger partial charge in [-0.2, -0.15) is 0 Å². The molecule has 0 unspecified atom stereocenters. The zero-order chi connectivity index (χ0) is 21.7. The van der Waals surface area contributed by atoms with Crippen LogP contribution in [0.5, 0.6) is 11.5 Å². The second-order valence-electron chi connectivity index (χ2n) is 9.57. The van der Waals surface area contributed by atoms with E-state index >= 15 is 0 Å². The van der Waals surface area contributed by atoms with Gasteiger partial charge in [0.15, 0.2) is 0 Å². The van der Waals surface area contributed by atoms with Gasteiger partial charge in [0.2, 0.25) is 0 Å². The summed E-state index contributed by atoms with van der Waals surface area (Å²) in [5.74, 6) is 11.7. The average molecular weight is 423 g/mol. The van der Waals surface area contributed by atoms with E-state index in [1.54, 1.807) is 0 Å². The highest BCUT2D eigenvalue weighted by Crippen LogP contribution is 2.32. The van der Waals surface area contributed by atoms with Crippen molar-refractivity contribution in [2.45, 2.75) is 84.5 Å². The van der Waals surface area contributed by atoms with E-state index in [9.17, 15) is 0 Å². The predicted octanol–water partition coefficient (Wildman–Crippen LogP) is 7.83. The number of hydrogen-bond donors (Lipinski definition) is 0. The monoisotopic (exact) mass is 422 g/mol. The fourth-order valence-corrected chi connectivity index (χ4v) is 4.97. The molecule has 31 heavy (non-hydrogen) atoms. The van der Waals surface area contributed by atoms with Crippen LogP contribution in [0.25, 0.3) is 0 Å². The molecule has 2 saturated carbocycles. The van der Waals surface area contributed by atoms with E-state index in [1.165, 1.54) is 64.2 Å². The molecule has 2 nitrogen and oxygen atoms in total. The van der Waals surface area contributed by atoms with Gasteiger partial charge < -0.3 is 9.47 Å². The Labute approximate surface area is 190 Å². The molecule has 0 bridgehead atoms. The second-order valence-corrected chi connectivity index (χ2v) is 9.57. The predicted molar refractivity (Wildman–Crippen MR) is 130 cm³/mol. The van der Waals surface area contributed by atoms with E-state index in [-0.39, 0.29) is 0 Å². The molecule has 170 valence electrons. The minimum atomic E-state index is 0.566. The van der Waals surface area contributed by atoms with E-state index in [1.807, 2.05) is 24.3 Å². The highest BCUT2D eigenvalue weighted by atomic mass is 16.5. The maximum absolute atomic E-state index is 6.03. The summed E-state index contributed by atoms with van der Waals surface area (Å²) in [6, 6.07) is 8.04. The summed E-state index contributed by atoms with van der Waals surface area (Å²) < 4.78 is 11.7. The third-order valence-corrected chi connectivity index (χ3v) is 6.96. The Morgan fingerprint density at radius 2 is 1.45 bits per heavy atom. The Morgan fingerprint density at radius 3 is 2.10 bits per heavy atom. The van der Waals surface area contributed by atoms with Crippen LogP contribution in [-0.2, 0) is 0 Å². The Balaban J connectivity index is 1.30. The number of allylic oxidation sites excluding steroid dienone is 2. The van der Waals surface area contributed by atoms with E-state index in [2.05, 4.69) is 37.8 Å². The molecule has 0 spiro atoms. The number of hydrogen-bond acceptors (Lipinski definition) is 2. The molecule has 0 saturated heterocycles. The minimum absolute atomic E-state index is 0.566. The zero-order valence-electron chi connectivity index (χ0n) is 19.8. The fourth-order valence-electron chi connectivity index (χ4n) is 4.97. The van der Waals surface area contributed by atoms with Gasteiger partial charge in [0.1, 0.15) is 11.5 Å². The first kappa shape index (κ1) is 23.8. The van der Waals surface area contributed by atoms with Gasteiger partial charge in [0.05, 0.1) is 13.2 Å². The van der Waals surface area contributed by atoms with Crippen LogP contribution in [0.2, 0.25) is 0 Å². The van der Waals surface area contributed by atoms with Crippen LogP contribution in [0.15, 0.2) is 36.4 Å². The van der Waals surface area contributed by atoms with Crippen molar-refractivity contribution in [1.29, 1.82) is 0 Å². The van der Waals surface area contributed by atoms with Crippen molar-refractivity contribution in [1.82, 2.24) is 0 Å². The molecule has 0 aromatic heterocycles. The molecule has 0 aliphatic heterocycles. The molecule has 2 aliphatic carbocycles. The highest BCUT2D eigenvalue weighted by Gasteiger charge is 2.20. The van der Waals surface area contributed by atoms with Crippen molar-refractivity contribution in [2.24, 2.45) is 23.7 Å². The molecule has 0 amide bonds. The van der Waals surface area contributed by atoms with E-state index < -0.39 is 0 Å². The molecule has 2 aliphatic rings. The molecule has 0 atom stereocenters. The molecule has 1 aromatic carbocycles. The summed E-state index contributed by atoms with van der Waals surface area (Å²) in [5.41, 5.74) is 0. The molecule has 0 heterocycles. The molecule has 2 heteroatoms. The largest absolute Gasteiger partial charge is 0.494 e. The lowest BCUT2D eigenvalue weighted by Gasteiger charge is -2.26. The average Bonchev–Trinajstić information content (AvgIpc) is 2.82. The lowest BCUT2D eigenvalue weighted by molar-refractivity contribution is 0.196. The Bertz CT molecular complexity index is 692. The van der Waals surface area contributed by atoms with Crippen molar-refractivity contribution in [2.75, 3.05) is 13.2 Å². The van der Waals surface area contributed by atoms with Gasteiger partial charge in [-0.15, -0.1) is 0 Å². The fraction of sp³-hybridized carbons (Fsp3) is 0.655. The van der Waals surface area contributed by atoms with Gasteiger partial charge in [-0.3, -0.25) is 0 Å². The standard InChI is InChI=1S/C29H42O2/c1-3-7-24-10-12-25(13-11-24)8-5-6-9-26-14-16-27(17-15-26)23-31-29-20-18-28(19-21-29)30-22-4-2/h5,8,18-21,24-27H,3-4,7,10-17,22-23H2,1-2H3/b8-5+/t24-,25-,26-,27-. The molecule has 0 radical (unpaired) electrons. The molecule has 0 N–H and O–H groups in total. The van der Waals surface area contributed by atoms with Crippen molar-refractivity contribution in [3.8, 4) is 23.3 Å². The van der Waals surface area contributed by atoms with Gasteiger partial charge in [-0.1, -0.05) is 44.6 Å². The highest BCUT2D eigenvalue weighted by molar-refractivity contribution is 5.31. The number of benzene rings is 1. The lowest BCUT2D eigenvalue weighted by Crippen LogP contribution is -2.19. The third-order valence-electron chi connectivity index (χ3n) is 6.96. The lowest BCUT2D eigenvalue weighted by atomic mass is 9.80. The smallest absolute Gasteiger partial charge is 0.119 e. The first-order valence-electron chi connectivity index (χ1n) is 12.8. The maximum atomic E-state index is 6.03. The topological polar surface area (TPSA) is 18.5 Å². The van der Waals surface area contributed by atoms with Crippen LogP contribution >= 0.6 is 0 Å². The van der Waals surface area contributed by atoms with Gasteiger partial charge >= 0.3 is 0 Å². The normalized spacial score (nSPS) is 26.3. The third kappa shape index (κ3) is 8.64. The summed E-state index contributed by atoms with van der Waals surface area (Å²) in [4.78, 5) is 0. The second kappa shape index (κ2) is 13.5. The van der Waals surface area contributed by atoms with Crippen LogP contribution in [0.1, 0.15) is 84.5 Å². The number of rotatable bonds is 9. The minimum Gasteiger partial charge on any atom is -0.494 e. The molecule has 2 fully saturated rings. The van der Waals surface area contributed by atoms with Crippen molar-refractivity contribution < 1.29 is 9.47 Å². The quantitative estimate of drug-likeness (QED) is 0.378. The van der Waals surface area contributed by atoms with Crippen LogP contribution < -0.4 is 9.47 Å². The van der Waals surface area contributed by atoms with E-state index in [0.29, 0.717) is 11.8 Å². The first-order valence-corrected chi connectivity index (χ1v) is 12.8. The van der Waals surface area contributed by atoms with Crippen molar-refractivity contribution >= 4 is 0 Å². The SMILES string of the molecule is CCCOc1ccc(OC[C@H]2CC[C@H](C#C/C=C/[C@H]3CC[C@H](CCC)CC3)CC2)cc1. The maximum Gasteiger partial charge on any atom is 0.119 e.